The summed E-state index contributed by atoms with van der Waals surface area (Å²) in [4.78, 5) is 18.5. The summed E-state index contributed by atoms with van der Waals surface area (Å²) in [6, 6.07) is 0.0691. The third-order valence-electron chi connectivity index (χ3n) is 1.83. The Hall–Kier alpha value is -1.65. The fourth-order valence-electron chi connectivity index (χ4n) is 0.857. The lowest BCUT2D eigenvalue weighted by atomic mass is 10.2. The van der Waals surface area contributed by atoms with E-state index < -0.39 is 5.88 Å². The van der Waals surface area contributed by atoms with Gasteiger partial charge in [-0.2, -0.15) is 0 Å². The molecule has 0 bridgehead atoms. The molecule has 5 nitrogen and oxygen atoms in total. The standard InChI is InChI=1S/C9H12N3O2/c1-3-6(2)11-9(14)7-4-10-5-8(13)12-7/h4-6H,3H2,1-2H3,(H,11,14). The molecule has 14 heavy (non-hydrogen) atoms. The second-order valence-electron chi connectivity index (χ2n) is 3.03. The Kier molecular flexibility index (Phi) is 3.39. The molecule has 1 N–H and O–H groups in total. The van der Waals surface area contributed by atoms with Gasteiger partial charge in [0.2, 0.25) is 0 Å². The van der Waals surface area contributed by atoms with Crippen LogP contribution >= 0.6 is 0 Å². The fraction of sp³-hybridized carbons (Fsp3) is 0.444. The molecule has 0 spiro atoms. The molecule has 0 aromatic carbocycles. The van der Waals surface area contributed by atoms with Crippen LogP contribution in [0.15, 0.2) is 12.4 Å². The summed E-state index contributed by atoms with van der Waals surface area (Å²) >= 11 is 0. The highest BCUT2D eigenvalue weighted by Gasteiger charge is 2.10. The highest BCUT2D eigenvalue weighted by Crippen LogP contribution is 2.03. The zero-order chi connectivity index (χ0) is 10.6. The van der Waals surface area contributed by atoms with Gasteiger partial charge in [0.1, 0.15) is 0 Å². The summed E-state index contributed by atoms with van der Waals surface area (Å²) in [6.07, 6.45) is 3.18. The van der Waals surface area contributed by atoms with E-state index in [4.69, 9.17) is 0 Å². The van der Waals surface area contributed by atoms with Crippen molar-refractivity contribution >= 4 is 5.91 Å². The van der Waals surface area contributed by atoms with Gasteiger partial charge in [-0.3, -0.25) is 14.9 Å². The fourth-order valence-corrected chi connectivity index (χ4v) is 0.857. The minimum Gasteiger partial charge on any atom is -0.348 e. The Morgan fingerprint density at radius 3 is 2.86 bits per heavy atom. The molecule has 0 aliphatic heterocycles. The van der Waals surface area contributed by atoms with Crippen LogP contribution in [0.4, 0.5) is 0 Å². The van der Waals surface area contributed by atoms with Crippen LogP contribution in [0.3, 0.4) is 0 Å². The maximum atomic E-state index is 11.4. The number of carbonyl (C=O) groups excluding carboxylic acids is 1. The summed E-state index contributed by atoms with van der Waals surface area (Å²) in [7, 11) is 0. The topological polar surface area (TPSA) is 74.8 Å². The van der Waals surface area contributed by atoms with E-state index in [0.29, 0.717) is 0 Å². The first-order valence-corrected chi connectivity index (χ1v) is 4.43. The van der Waals surface area contributed by atoms with Crippen LogP contribution in [0.5, 0.6) is 5.88 Å². The number of nitrogens with one attached hydrogen (secondary N) is 1. The molecule has 1 unspecified atom stereocenters. The Bertz CT molecular complexity index is 328. The number of aromatic nitrogens is 2. The van der Waals surface area contributed by atoms with Crippen molar-refractivity contribution < 1.29 is 9.90 Å². The predicted molar refractivity (Wildman–Crippen MR) is 49.4 cm³/mol. The molecule has 1 heterocycles. The Balaban J connectivity index is 2.70. The molecule has 1 atom stereocenters. The average Bonchev–Trinajstić information content (AvgIpc) is 2.17. The van der Waals surface area contributed by atoms with E-state index in [-0.39, 0.29) is 17.6 Å². The minimum absolute atomic E-state index is 0.0674. The molecule has 1 aromatic heterocycles. The molecule has 1 radical (unpaired) electrons. The molecule has 0 saturated heterocycles. The average molecular weight is 194 g/mol. The van der Waals surface area contributed by atoms with Crippen LogP contribution < -0.4 is 5.32 Å². The summed E-state index contributed by atoms with van der Waals surface area (Å²) in [5, 5.41) is 13.5. The van der Waals surface area contributed by atoms with Crippen molar-refractivity contribution in [2.24, 2.45) is 0 Å². The molecule has 5 heteroatoms. The van der Waals surface area contributed by atoms with Gasteiger partial charge in [0.15, 0.2) is 5.69 Å². The van der Waals surface area contributed by atoms with Crippen molar-refractivity contribution in [2.45, 2.75) is 26.3 Å². The number of carbonyl (C=O) groups is 1. The van der Waals surface area contributed by atoms with E-state index in [0.717, 1.165) is 12.6 Å². The Morgan fingerprint density at radius 2 is 2.29 bits per heavy atom. The Labute approximate surface area is 82.2 Å². The summed E-state index contributed by atoms with van der Waals surface area (Å²) in [5.41, 5.74) is 0.0674. The lowest BCUT2D eigenvalue weighted by Gasteiger charge is -2.09. The number of hydrogen-bond acceptors (Lipinski definition) is 3. The molecule has 75 valence electrons. The summed E-state index contributed by atoms with van der Waals surface area (Å²) < 4.78 is 0. The van der Waals surface area contributed by atoms with E-state index >= 15 is 0 Å². The highest BCUT2D eigenvalue weighted by molar-refractivity contribution is 5.92. The third-order valence-corrected chi connectivity index (χ3v) is 1.83. The lowest BCUT2D eigenvalue weighted by Crippen LogP contribution is -2.32. The SMILES string of the molecule is CCC(C)NC(=O)c1cncc([O])n1. The predicted octanol–water partition coefficient (Wildman–Crippen LogP) is 1.15. The van der Waals surface area contributed by atoms with Crippen LogP contribution in [0.25, 0.3) is 0 Å². The summed E-state index contributed by atoms with van der Waals surface area (Å²) in [6.45, 7) is 3.84. The van der Waals surface area contributed by atoms with Gasteiger partial charge in [0.05, 0.1) is 12.4 Å². The van der Waals surface area contributed by atoms with E-state index in [1.165, 1.54) is 6.20 Å². The van der Waals surface area contributed by atoms with Gasteiger partial charge in [-0.1, -0.05) is 6.92 Å². The van der Waals surface area contributed by atoms with Gasteiger partial charge in [0.25, 0.3) is 11.8 Å². The lowest BCUT2D eigenvalue weighted by molar-refractivity contribution is 0.0932. The van der Waals surface area contributed by atoms with E-state index in [1.54, 1.807) is 0 Å². The smallest absolute Gasteiger partial charge is 0.288 e. The zero-order valence-corrected chi connectivity index (χ0v) is 8.15. The second-order valence-corrected chi connectivity index (χ2v) is 3.03. The number of hydrogen-bond donors (Lipinski definition) is 1. The second kappa shape index (κ2) is 4.55. The van der Waals surface area contributed by atoms with Gasteiger partial charge < -0.3 is 5.32 Å². The monoisotopic (exact) mass is 194 g/mol. The maximum absolute atomic E-state index is 11.4. The normalized spacial score (nSPS) is 12.1. The van der Waals surface area contributed by atoms with Crippen molar-refractivity contribution in [3.05, 3.63) is 18.1 Å². The first-order valence-electron chi connectivity index (χ1n) is 4.43. The van der Waals surface area contributed by atoms with Crippen molar-refractivity contribution in [1.82, 2.24) is 15.3 Å². The molecule has 1 aromatic rings. The summed E-state index contributed by atoms with van der Waals surface area (Å²) in [5.74, 6) is -0.855. The Morgan fingerprint density at radius 1 is 1.57 bits per heavy atom. The first kappa shape index (κ1) is 10.4. The van der Waals surface area contributed by atoms with Crippen molar-refractivity contribution in [2.75, 3.05) is 0 Å². The van der Waals surface area contributed by atoms with Gasteiger partial charge >= 0.3 is 0 Å². The van der Waals surface area contributed by atoms with Crippen LogP contribution in [-0.2, 0) is 5.11 Å². The highest BCUT2D eigenvalue weighted by atomic mass is 16.3. The van der Waals surface area contributed by atoms with E-state index in [2.05, 4.69) is 15.3 Å². The van der Waals surface area contributed by atoms with Gasteiger partial charge in [-0.15, -0.1) is 0 Å². The molecule has 0 aliphatic rings. The first-order chi connectivity index (χ1) is 6.63. The number of rotatable bonds is 3. The molecule has 0 saturated carbocycles. The van der Waals surface area contributed by atoms with Crippen molar-refractivity contribution in [3.63, 3.8) is 0 Å². The van der Waals surface area contributed by atoms with Gasteiger partial charge in [-0.25, -0.2) is 4.98 Å². The largest absolute Gasteiger partial charge is 0.348 e. The van der Waals surface area contributed by atoms with Crippen LogP contribution in [0, 0.1) is 0 Å². The minimum atomic E-state index is -0.498. The molecular weight excluding hydrogens is 182 g/mol. The number of nitrogens with zero attached hydrogens (tertiary/aromatic N) is 2. The third kappa shape index (κ3) is 2.69. The van der Waals surface area contributed by atoms with Crippen molar-refractivity contribution in [1.29, 1.82) is 0 Å². The maximum Gasteiger partial charge on any atom is 0.288 e. The molecule has 1 rings (SSSR count). The van der Waals surface area contributed by atoms with Gasteiger partial charge in [0, 0.05) is 6.04 Å². The molecule has 0 fully saturated rings. The number of amides is 1. The van der Waals surface area contributed by atoms with Crippen LogP contribution in [-0.4, -0.2) is 21.9 Å². The van der Waals surface area contributed by atoms with Crippen LogP contribution in [0.2, 0.25) is 0 Å². The van der Waals surface area contributed by atoms with Crippen molar-refractivity contribution in [3.8, 4) is 5.88 Å². The van der Waals surface area contributed by atoms with E-state index in [9.17, 15) is 9.90 Å². The van der Waals surface area contributed by atoms with Crippen LogP contribution in [0.1, 0.15) is 30.8 Å². The zero-order valence-electron chi connectivity index (χ0n) is 8.15. The van der Waals surface area contributed by atoms with Gasteiger partial charge in [-0.05, 0) is 13.3 Å². The van der Waals surface area contributed by atoms with E-state index in [1.807, 2.05) is 13.8 Å². The molecule has 1 amide bonds. The molecule has 0 aliphatic carbocycles. The quantitative estimate of drug-likeness (QED) is 0.784. The molecular formula is C9H12N3O2.